The van der Waals surface area contributed by atoms with Crippen LogP contribution < -0.4 is 5.73 Å². The molecule has 204 valence electrons. The molecule has 0 bridgehead atoms. The van der Waals surface area contributed by atoms with Crippen LogP contribution in [0.1, 0.15) is 6.92 Å². The van der Waals surface area contributed by atoms with Gasteiger partial charge in [0.15, 0.2) is 15.8 Å². The lowest BCUT2D eigenvalue weighted by atomic mass is 9.80. The van der Waals surface area contributed by atoms with Gasteiger partial charge in [-0.3, -0.25) is 14.4 Å². The number of ketones is 2. The maximum absolute atomic E-state index is 14.4. The van der Waals surface area contributed by atoms with E-state index in [2.05, 4.69) is 4.98 Å². The molecular weight excluding hydrogens is 548 g/mol. The Morgan fingerprint density at radius 2 is 2.00 bits per heavy atom. The summed E-state index contributed by atoms with van der Waals surface area (Å²) in [7, 11) is 1.46. The average Bonchev–Trinajstić information content (AvgIpc) is 3.30. The summed E-state index contributed by atoms with van der Waals surface area (Å²) in [5.41, 5.74) is 5.07. The number of hydrogen-bond acceptors (Lipinski definition) is 12. The number of carbonyl (C=O) groups excluding carboxylic acids is 4. The Bertz CT molecular complexity index is 1450. The number of thioether (sulfide) groups is 1. The Balaban J connectivity index is 1.35. The topological polar surface area (TPSA) is 150 Å². The van der Waals surface area contributed by atoms with Gasteiger partial charge < -0.3 is 34.5 Å². The molecule has 3 fully saturated rings. The van der Waals surface area contributed by atoms with Crippen LogP contribution in [0.3, 0.4) is 0 Å². The van der Waals surface area contributed by atoms with E-state index >= 15 is 0 Å². The number of thiazole rings is 1. The van der Waals surface area contributed by atoms with Crippen LogP contribution in [0.4, 0.5) is 4.79 Å². The SMILES string of the molecule is CO[C@@]12[C@H](COC(N)=O)C3=C(C(=O)C(Sc4nc5ccccc5s4)C4(OCCO4)C3=O)N1C[C@H]1[C@@H]2N1C(C)=O. The number of allylic oxidation sites excluding steroid dienone is 1. The summed E-state index contributed by atoms with van der Waals surface area (Å²) in [5, 5.41) is -1.07. The highest BCUT2D eigenvalue weighted by Crippen LogP contribution is 2.61. The lowest BCUT2D eigenvalue weighted by Gasteiger charge is -2.41. The van der Waals surface area contributed by atoms with Crippen LogP contribution in [0.2, 0.25) is 0 Å². The van der Waals surface area contributed by atoms with Crippen molar-refractivity contribution in [2.75, 3.05) is 33.5 Å². The molecule has 4 aliphatic heterocycles. The van der Waals surface area contributed by atoms with E-state index in [0.717, 1.165) is 22.0 Å². The van der Waals surface area contributed by atoms with Crippen LogP contribution in [-0.4, -0.2) is 101 Å². The smallest absolute Gasteiger partial charge is 0.404 e. The molecule has 0 saturated carbocycles. The Kier molecular flexibility index (Phi) is 5.43. The van der Waals surface area contributed by atoms with Gasteiger partial charge >= 0.3 is 6.09 Å². The number of piperazine rings is 1. The van der Waals surface area contributed by atoms with Crippen molar-refractivity contribution in [3.63, 3.8) is 0 Å². The molecule has 2 amide bonds. The molecule has 0 radical (unpaired) electrons. The Hall–Kier alpha value is -3.04. The number of nitrogens with zero attached hydrogens (tertiary/aromatic N) is 3. The highest BCUT2D eigenvalue weighted by atomic mass is 32.2. The molecule has 7 rings (SSSR count). The van der Waals surface area contributed by atoms with Crippen molar-refractivity contribution in [2.45, 2.75) is 40.1 Å². The molecule has 39 heavy (non-hydrogen) atoms. The normalized spacial score (nSPS) is 32.2. The Labute approximate surface area is 230 Å². The van der Waals surface area contributed by atoms with Crippen molar-refractivity contribution in [3.05, 3.63) is 35.5 Å². The summed E-state index contributed by atoms with van der Waals surface area (Å²) in [5.74, 6) is -3.82. The summed E-state index contributed by atoms with van der Waals surface area (Å²) in [6, 6.07) is 6.96. The first kappa shape index (κ1) is 25.0. The highest BCUT2D eigenvalue weighted by Gasteiger charge is 2.79. The lowest BCUT2D eigenvalue weighted by Crippen LogP contribution is -2.58. The minimum atomic E-state index is -1.87. The number of para-hydroxylation sites is 1. The zero-order valence-electron chi connectivity index (χ0n) is 20.9. The number of aromatic nitrogens is 1. The second kappa shape index (κ2) is 8.48. The second-order valence-electron chi connectivity index (χ2n) is 9.95. The highest BCUT2D eigenvalue weighted by molar-refractivity contribution is 8.02. The number of methoxy groups -OCH3 is 1. The number of carbonyl (C=O) groups is 4. The summed E-state index contributed by atoms with van der Waals surface area (Å²) in [4.78, 5) is 60.9. The van der Waals surface area contributed by atoms with Gasteiger partial charge in [0.2, 0.25) is 11.7 Å². The van der Waals surface area contributed by atoms with Gasteiger partial charge in [-0.1, -0.05) is 23.9 Å². The third-order valence-electron chi connectivity index (χ3n) is 8.19. The Morgan fingerprint density at radius 1 is 1.26 bits per heavy atom. The predicted molar refractivity (Wildman–Crippen MR) is 137 cm³/mol. The second-order valence-corrected chi connectivity index (χ2v) is 12.3. The number of rotatable bonds is 5. The fraction of sp³-hybridized carbons (Fsp3) is 0.480. The fourth-order valence-corrected chi connectivity index (χ4v) is 9.18. The van der Waals surface area contributed by atoms with Crippen molar-refractivity contribution >= 4 is 56.9 Å². The van der Waals surface area contributed by atoms with E-state index in [1.807, 2.05) is 24.3 Å². The van der Waals surface area contributed by atoms with Crippen molar-refractivity contribution in [1.29, 1.82) is 0 Å². The van der Waals surface area contributed by atoms with Crippen molar-refractivity contribution in [2.24, 2.45) is 11.7 Å². The van der Waals surface area contributed by atoms with Gasteiger partial charge in [-0.2, -0.15) is 0 Å². The van der Waals surface area contributed by atoms with Crippen molar-refractivity contribution in [3.8, 4) is 0 Å². The average molecular weight is 573 g/mol. The molecule has 1 spiro atoms. The molecule has 1 aromatic heterocycles. The minimum Gasteiger partial charge on any atom is -0.449 e. The van der Waals surface area contributed by atoms with E-state index in [9.17, 15) is 19.2 Å². The largest absolute Gasteiger partial charge is 0.449 e. The maximum Gasteiger partial charge on any atom is 0.404 e. The third-order valence-corrected chi connectivity index (χ3v) is 10.6. The first-order chi connectivity index (χ1) is 18.7. The summed E-state index contributed by atoms with van der Waals surface area (Å²) in [6.45, 7) is 1.68. The number of ether oxygens (including phenoxy) is 4. The number of amides is 2. The van der Waals surface area contributed by atoms with Crippen molar-refractivity contribution < 1.29 is 38.1 Å². The quantitative estimate of drug-likeness (QED) is 0.509. The third kappa shape index (κ3) is 3.20. The minimum absolute atomic E-state index is 0.111. The molecule has 14 heteroatoms. The molecular formula is C25H24N4O8S2. The molecule has 2 N–H and O–H groups in total. The molecule has 1 unspecified atom stereocenters. The number of nitrogens with two attached hydrogens (primary N) is 1. The van der Waals surface area contributed by atoms with Gasteiger partial charge in [0.1, 0.15) is 17.9 Å². The van der Waals surface area contributed by atoms with Crippen LogP contribution in [0.25, 0.3) is 10.2 Å². The van der Waals surface area contributed by atoms with Gasteiger partial charge in [0.05, 0.1) is 41.1 Å². The van der Waals surface area contributed by atoms with Gasteiger partial charge in [-0.15, -0.1) is 11.3 Å². The van der Waals surface area contributed by atoms with Crippen molar-refractivity contribution in [1.82, 2.24) is 14.8 Å². The number of fused-ring (bicyclic) bond motifs is 5. The van der Waals surface area contributed by atoms with E-state index in [-0.39, 0.29) is 55.4 Å². The molecule has 1 aliphatic carbocycles. The number of primary amides is 1. The molecule has 1 aromatic carbocycles. The molecule has 5 aliphatic rings. The van der Waals surface area contributed by atoms with Crippen LogP contribution in [0.5, 0.6) is 0 Å². The van der Waals surface area contributed by atoms with Crippen LogP contribution in [0, 0.1) is 5.92 Å². The van der Waals surface area contributed by atoms with Crippen LogP contribution >= 0.6 is 23.1 Å². The summed E-state index contributed by atoms with van der Waals surface area (Å²) >= 11 is 2.56. The standard InChI is InChI=1S/C25H24N4O8S2/c1-11(30)29-14-9-28-17-16(12(10-35-22(26)33)24(28,34-2)19(14)29)20(32)25(36-7-8-37-25)21(18(17)31)39-23-27-13-5-3-4-6-15(13)38-23/h3-6,12,14,19,21H,7-10H2,1-2H3,(H2,26,33)/t12-,14+,19+,21?,24-,29?/m1/s1. The Morgan fingerprint density at radius 3 is 2.67 bits per heavy atom. The monoisotopic (exact) mass is 572 g/mol. The lowest BCUT2D eigenvalue weighted by molar-refractivity contribution is -0.180. The van der Waals surface area contributed by atoms with E-state index in [1.54, 1.807) is 9.80 Å². The molecule has 5 atom stereocenters. The zero-order chi connectivity index (χ0) is 27.3. The predicted octanol–water partition coefficient (Wildman–Crippen LogP) is 0.889. The van der Waals surface area contributed by atoms with Gasteiger partial charge in [0.25, 0.3) is 5.79 Å². The van der Waals surface area contributed by atoms with E-state index < -0.39 is 40.6 Å². The fourth-order valence-electron chi connectivity index (χ4n) is 6.76. The molecule has 12 nitrogen and oxygen atoms in total. The number of hydrogen-bond donors (Lipinski definition) is 1. The molecule has 2 aromatic rings. The van der Waals surface area contributed by atoms with E-state index in [1.165, 1.54) is 25.4 Å². The van der Waals surface area contributed by atoms with Gasteiger partial charge in [0, 0.05) is 26.2 Å². The zero-order valence-corrected chi connectivity index (χ0v) is 22.6. The molecule has 3 saturated heterocycles. The van der Waals surface area contributed by atoms with Gasteiger partial charge in [-0.25, -0.2) is 9.78 Å². The first-order valence-electron chi connectivity index (χ1n) is 12.4. The number of Topliss-reactive ketones (excluding diaryl/α,β-unsaturated/α-hetero) is 2. The summed E-state index contributed by atoms with van der Waals surface area (Å²) in [6.07, 6.45) is -1.03. The summed E-state index contributed by atoms with van der Waals surface area (Å²) < 4.78 is 24.8. The van der Waals surface area contributed by atoms with Crippen LogP contribution in [0.15, 0.2) is 39.9 Å². The number of benzene rings is 1. The van der Waals surface area contributed by atoms with E-state index in [4.69, 9.17) is 24.7 Å². The maximum atomic E-state index is 14.4. The first-order valence-corrected chi connectivity index (χ1v) is 14.1. The van der Waals surface area contributed by atoms with Gasteiger partial charge in [-0.05, 0) is 12.1 Å². The van der Waals surface area contributed by atoms with Crippen LogP contribution in [-0.2, 0) is 33.3 Å². The van der Waals surface area contributed by atoms with E-state index in [0.29, 0.717) is 4.34 Å². The molecule has 5 heterocycles.